The molecule has 2 N–H and O–H groups in total. The molecule has 0 spiro atoms. The lowest BCUT2D eigenvalue weighted by Crippen LogP contribution is -2.28. The molecule has 8 nitrogen and oxygen atoms in total. The van der Waals surface area contributed by atoms with Crippen LogP contribution in [0.2, 0.25) is 0 Å². The summed E-state index contributed by atoms with van der Waals surface area (Å²) in [6, 6.07) is 10.4. The maximum atomic E-state index is 12.4. The number of hydrogen-bond acceptors (Lipinski definition) is 6. The summed E-state index contributed by atoms with van der Waals surface area (Å²) in [7, 11) is 1.50. The molecular formula is C20H24N2O6. The summed E-state index contributed by atoms with van der Waals surface area (Å²) in [5.41, 5.74) is 0.775. The van der Waals surface area contributed by atoms with Crippen molar-refractivity contribution >= 4 is 11.6 Å². The van der Waals surface area contributed by atoms with Gasteiger partial charge in [0.25, 0.3) is 11.6 Å². The highest BCUT2D eigenvalue weighted by molar-refractivity contribution is 5.94. The van der Waals surface area contributed by atoms with Crippen LogP contribution in [-0.4, -0.2) is 36.2 Å². The van der Waals surface area contributed by atoms with Crippen molar-refractivity contribution in [2.45, 2.75) is 20.0 Å². The molecule has 150 valence electrons. The molecule has 0 aromatic heterocycles. The lowest BCUT2D eigenvalue weighted by atomic mass is 10.1. The van der Waals surface area contributed by atoms with E-state index in [1.807, 2.05) is 13.8 Å². The van der Waals surface area contributed by atoms with E-state index in [1.54, 1.807) is 18.2 Å². The second-order valence-electron chi connectivity index (χ2n) is 6.64. The number of methoxy groups -OCH3 is 1. The fourth-order valence-corrected chi connectivity index (χ4v) is 2.41. The van der Waals surface area contributed by atoms with Crippen LogP contribution < -0.4 is 14.8 Å². The van der Waals surface area contributed by atoms with Gasteiger partial charge in [0, 0.05) is 24.2 Å². The van der Waals surface area contributed by atoms with Crippen LogP contribution in [-0.2, 0) is 0 Å². The number of aliphatic hydroxyl groups is 1. The standard InChI is InChI=1S/C20H24N2O6/c1-13(2)12-28-18-9-6-15(10-19(18)27-3)20(24)21-11-17(23)14-4-7-16(8-5-14)22(25)26/h4-10,13,17,23H,11-12H2,1-3H3,(H,21,24)/t17-/m1/s1. The third-order valence-electron chi connectivity index (χ3n) is 3.94. The topological polar surface area (TPSA) is 111 Å². The Hall–Kier alpha value is -3.13. The van der Waals surface area contributed by atoms with Gasteiger partial charge in [0.05, 0.1) is 24.7 Å². The van der Waals surface area contributed by atoms with E-state index in [0.717, 1.165) is 0 Å². The van der Waals surface area contributed by atoms with Gasteiger partial charge in [0.1, 0.15) is 0 Å². The molecule has 2 aromatic carbocycles. The summed E-state index contributed by atoms with van der Waals surface area (Å²) in [5.74, 6) is 0.978. The van der Waals surface area contributed by atoms with E-state index in [0.29, 0.717) is 35.2 Å². The minimum absolute atomic E-state index is 0.0371. The van der Waals surface area contributed by atoms with Gasteiger partial charge >= 0.3 is 0 Å². The van der Waals surface area contributed by atoms with Crippen LogP contribution in [0.1, 0.15) is 35.9 Å². The quantitative estimate of drug-likeness (QED) is 0.504. The zero-order valence-corrected chi connectivity index (χ0v) is 16.0. The number of nitro benzene ring substituents is 1. The third kappa shape index (κ3) is 5.68. The molecule has 0 aliphatic heterocycles. The number of nitrogens with zero attached hydrogens (tertiary/aromatic N) is 1. The maximum Gasteiger partial charge on any atom is 0.269 e. The molecule has 0 saturated carbocycles. The number of hydrogen-bond donors (Lipinski definition) is 2. The second kappa shape index (κ2) is 9.70. The number of non-ortho nitro benzene ring substituents is 1. The molecule has 1 atom stereocenters. The fourth-order valence-electron chi connectivity index (χ4n) is 2.41. The highest BCUT2D eigenvalue weighted by atomic mass is 16.6. The summed E-state index contributed by atoms with van der Waals surface area (Å²) >= 11 is 0. The molecule has 1 amide bonds. The van der Waals surface area contributed by atoms with Crippen LogP contribution >= 0.6 is 0 Å². The van der Waals surface area contributed by atoms with Gasteiger partial charge in [-0.1, -0.05) is 13.8 Å². The maximum absolute atomic E-state index is 12.4. The van der Waals surface area contributed by atoms with E-state index >= 15 is 0 Å². The predicted octanol–water partition coefficient (Wildman–Crippen LogP) is 3.10. The third-order valence-corrected chi connectivity index (χ3v) is 3.94. The molecule has 0 aliphatic carbocycles. The van der Waals surface area contributed by atoms with Crippen molar-refractivity contribution in [3.8, 4) is 11.5 Å². The first kappa shape index (κ1) is 21.2. The zero-order chi connectivity index (χ0) is 20.7. The number of rotatable bonds is 9. The molecule has 0 radical (unpaired) electrons. The van der Waals surface area contributed by atoms with Crippen LogP contribution in [0.15, 0.2) is 42.5 Å². The average Bonchev–Trinajstić information content (AvgIpc) is 2.69. The van der Waals surface area contributed by atoms with Crippen molar-refractivity contribution < 1.29 is 24.3 Å². The number of carbonyl (C=O) groups excluding carboxylic acids is 1. The second-order valence-corrected chi connectivity index (χ2v) is 6.64. The van der Waals surface area contributed by atoms with Gasteiger partial charge < -0.3 is 19.9 Å². The highest BCUT2D eigenvalue weighted by Crippen LogP contribution is 2.28. The number of amides is 1. The Kier molecular flexibility index (Phi) is 7.34. The van der Waals surface area contributed by atoms with Gasteiger partial charge in [-0.3, -0.25) is 14.9 Å². The van der Waals surface area contributed by atoms with E-state index < -0.39 is 11.0 Å². The summed E-state index contributed by atoms with van der Waals surface area (Å²) < 4.78 is 10.9. The van der Waals surface area contributed by atoms with Crippen LogP contribution in [0.25, 0.3) is 0 Å². The van der Waals surface area contributed by atoms with Gasteiger partial charge in [-0.2, -0.15) is 0 Å². The number of benzene rings is 2. The van der Waals surface area contributed by atoms with Crippen LogP contribution in [0.4, 0.5) is 5.69 Å². The van der Waals surface area contributed by atoms with Crippen LogP contribution in [0, 0.1) is 16.0 Å². The molecule has 0 saturated heterocycles. The Balaban J connectivity index is 1.99. The molecular weight excluding hydrogens is 364 g/mol. The first-order valence-corrected chi connectivity index (χ1v) is 8.83. The predicted molar refractivity (Wildman–Crippen MR) is 104 cm³/mol. The summed E-state index contributed by atoms with van der Waals surface area (Å²) in [5, 5.41) is 23.5. The Labute approximate surface area is 163 Å². The van der Waals surface area contributed by atoms with Crippen LogP contribution in [0.5, 0.6) is 11.5 Å². The van der Waals surface area contributed by atoms with E-state index in [2.05, 4.69) is 5.32 Å². The smallest absolute Gasteiger partial charge is 0.269 e. The summed E-state index contributed by atoms with van der Waals surface area (Å²) in [6.07, 6.45) is -0.986. The van der Waals surface area contributed by atoms with Crippen molar-refractivity contribution in [2.24, 2.45) is 5.92 Å². The van der Waals surface area contributed by atoms with Crippen LogP contribution in [0.3, 0.4) is 0 Å². The largest absolute Gasteiger partial charge is 0.493 e. The van der Waals surface area contributed by atoms with Gasteiger partial charge in [-0.05, 0) is 41.8 Å². The molecule has 0 aliphatic rings. The monoisotopic (exact) mass is 388 g/mol. The molecule has 28 heavy (non-hydrogen) atoms. The average molecular weight is 388 g/mol. The molecule has 2 rings (SSSR count). The number of ether oxygens (including phenoxy) is 2. The Morgan fingerprint density at radius 3 is 2.43 bits per heavy atom. The summed E-state index contributed by atoms with van der Waals surface area (Å²) in [4.78, 5) is 22.5. The van der Waals surface area contributed by atoms with Crippen molar-refractivity contribution in [1.82, 2.24) is 5.32 Å². The van der Waals surface area contributed by atoms with Crippen molar-refractivity contribution in [1.29, 1.82) is 0 Å². The van der Waals surface area contributed by atoms with E-state index in [1.165, 1.54) is 31.4 Å². The normalized spacial score (nSPS) is 11.8. The molecule has 0 heterocycles. The Bertz CT molecular complexity index is 820. The molecule has 8 heteroatoms. The lowest BCUT2D eigenvalue weighted by molar-refractivity contribution is -0.384. The molecule has 0 fully saturated rings. The Morgan fingerprint density at radius 2 is 1.86 bits per heavy atom. The fraction of sp³-hybridized carbons (Fsp3) is 0.350. The minimum atomic E-state index is -0.986. The first-order chi connectivity index (χ1) is 13.3. The van der Waals surface area contributed by atoms with Gasteiger partial charge in [0.15, 0.2) is 11.5 Å². The Morgan fingerprint density at radius 1 is 1.18 bits per heavy atom. The number of aliphatic hydroxyl groups excluding tert-OH is 1. The van der Waals surface area contributed by atoms with Crippen molar-refractivity contribution in [3.63, 3.8) is 0 Å². The number of nitrogens with one attached hydrogen (secondary N) is 1. The number of nitro groups is 1. The SMILES string of the molecule is COc1cc(C(=O)NC[C@@H](O)c2ccc([N+](=O)[O-])cc2)ccc1OCC(C)C. The van der Waals surface area contributed by atoms with Gasteiger partial charge in [-0.25, -0.2) is 0 Å². The van der Waals surface area contributed by atoms with Crippen molar-refractivity contribution in [3.05, 3.63) is 63.7 Å². The van der Waals surface area contributed by atoms with Gasteiger partial charge in [-0.15, -0.1) is 0 Å². The molecule has 0 bridgehead atoms. The molecule has 2 aromatic rings. The minimum Gasteiger partial charge on any atom is -0.493 e. The zero-order valence-electron chi connectivity index (χ0n) is 16.0. The van der Waals surface area contributed by atoms with E-state index in [-0.39, 0.29) is 18.1 Å². The number of carbonyl (C=O) groups is 1. The summed E-state index contributed by atoms with van der Waals surface area (Å²) in [6.45, 7) is 4.56. The van der Waals surface area contributed by atoms with Gasteiger partial charge in [0.2, 0.25) is 0 Å². The van der Waals surface area contributed by atoms with Crippen molar-refractivity contribution in [2.75, 3.05) is 20.3 Å². The van der Waals surface area contributed by atoms with E-state index in [9.17, 15) is 20.0 Å². The molecule has 0 unspecified atom stereocenters. The lowest BCUT2D eigenvalue weighted by Gasteiger charge is -2.15. The highest BCUT2D eigenvalue weighted by Gasteiger charge is 2.15. The van der Waals surface area contributed by atoms with E-state index in [4.69, 9.17) is 9.47 Å². The first-order valence-electron chi connectivity index (χ1n) is 8.83.